The van der Waals surface area contributed by atoms with Gasteiger partial charge in [0.1, 0.15) is 6.10 Å². The minimum Gasteiger partial charge on any atom is -0.483 e. The summed E-state index contributed by atoms with van der Waals surface area (Å²) in [4.78, 5) is 27.9. The monoisotopic (exact) mass is 409 g/mol. The lowest BCUT2D eigenvalue weighted by molar-refractivity contribution is -0.136. The van der Waals surface area contributed by atoms with E-state index in [0.29, 0.717) is 23.4 Å². The van der Waals surface area contributed by atoms with Crippen molar-refractivity contribution in [2.45, 2.75) is 37.3 Å². The molecular weight excluding hydrogens is 389 g/mol. The summed E-state index contributed by atoms with van der Waals surface area (Å²) in [5.41, 5.74) is 1.10. The zero-order valence-corrected chi connectivity index (χ0v) is 16.4. The second kappa shape index (κ2) is 7.12. The molecule has 1 saturated carbocycles. The second-order valence-electron chi connectivity index (χ2n) is 7.51. The number of carbonyl (C=O) groups is 2. The molecule has 7 heteroatoms. The zero-order valence-electron chi connectivity index (χ0n) is 14.9. The van der Waals surface area contributed by atoms with E-state index in [4.69, 9.17) is 27.9 Å². The van der Waals surface area contributed by atoms with E-state index in [1.807, 2.05) is 13.0 Å². The van der Waals surface area contributed by atoms with Crippen molar-refractivity contribution < 1.29 is 19.4 Å². The van der Waals surface area contributed by atoms with E-state index in [-0.39, 0.29) is 53.9 Å². The van der Waals surface area contributed by atoms with Gasteiger partial charge in [-0.1, -0.05) is 30.7 Å². The Bertz CT molecular complexity index is 824. The van der Waals surface area contributed by atoms with Crippen LogP contribution in [0.2, 0.25) is 5.02 Å². The number of β-amino-alcohol motifs (C(OH)–C–C–N with tert-alkyl or cyclic N) is 1. The van der Waals surface area contributed by atoms with Crippen LogP contribution in [-0.2, 0) is 14.3 Å². The van der Waals surface area contributed by atoms with Crippen LogP contribution in [0.5, 0.6) is 0 Å². The predicted molar refractivity (Wildman–Crippen MR) is 101 cm³/mol. The lowest BCUT2D eigenvalue weighted by Crippen LogP contribution is -2.44. The minimum atomic E-state index is -0.597. The van der Waals surface area contributed by atoms with Crippen LogP contribution in [0, 0.1) is 11.8 Å². The zero-order chi connectivity index (χ0) is 19.3. The highest BCUT2D eigenvalue weighted by Crippen LogP contribution is 2.48. The number of aliphatic hydroxyl groups excluding tert-OH is 1. The molecule has 5 nitrogen and oxygen atoms in total. The molecule has 1 aromatic rings. The first-order valence-corrected chi connectivity index (χ1v) is 10.00. The fourth-order valence-electron chi connectivity index (χ4n) is 4.43. The van der Waals surface area contributed by atoms with E-state index >= 15 is 0 Å². The maximum Gasteiger partial charge on any atom is 0.290 e. The summed E-state index contributed by atoms with van der Waals surface area (Å²) in [6, 6.07) is 6.50. The SMILES string of the molecule is CC1CC2OC3=C(C(=O)C2CC1Cl)C(c1cccc(Cl)c1)N(CCO)C3=O. The van der Waals surface area contributed by atoms with Crippen molar-refractivity contribution in [2.75, 3.05) is 13.2 Å². The third kappa shape index (κ3) is 3.06. The number of benzene rings is 1. The highest BCUT2D eigenvalue weighted by molar-refractivity contribution is 6.30. The molecule has 3 aliphatic rings. The third-order valence-electron chi connectivity index (χ3n) is 5.81. The summed E-state index contributed by atoms with van der Waals surface area (Å²) in [7, 11) is 0. The first kappa shape index (κ1) is 18.8. The van der Waals surface area contributed by atoms with Gasteiger partial charge in [0, 0.05) is 16.9 Å². The van der Waals surface area contributed by atoms with Gasteiger partial charge < -0.3 is 14.7 Å². The molecule has 1 N–H and O–H groups in total. The van der Waals surface area contributed by atoms with Crippen LogP contribution in [0.1, 0.15) is 31.4 Å². The molecule has 1 aliphatic carbocycles. The Morgan fingerprint density at radius 1 is 1.30 bits per heavy atom. The number of halogens is 2. The topological polar surface area (TPSA) is 66.8 Å². The first-order valence-electron chi connectivity index (χ1n) is 9.18. The van der Waals surface area contributed by atoms with E-state index in [1.165, 1.54) is 4.90 Å². The Hall–Kier alpha value is -1.56. The van der Waals surface area contributed by atoms with Gasteiger partial charge in [-0.25, -0.2) is 0 Å². The second-order valence-corrected chi connectivity index (χ2v) is 8.51. The largest absolute Gasteiger partial charge is 0.483 e. The van der Waals surface area contributed by atoms with Crippen molar-refractivity contribution in [3.63, 3.8) is 0 Å². The average molecular weight is 410 g/mol. The highest BCUT2D eigenvalue weighted by atomic mass is 35.5. The van der Waals surface area contributed by atoms with Crippen molar-refractivity contribution in [1.82, 2.24) is 4.90 Å². The van der Waals surface area contributed by atoms with Gasteiger partial charge in [0.2, 0.25) is 0 Å². The maximum atomic E-state index is 13.4. The predicted octanol–water partition coefficient (Wildman–Crippen LogP) is 3.09. The molecule has 0 radical (unpaired) electrons. The van der Waals surface area contributed by atoms with Crippen LogP contribution in [0.4, 0.5) is 0 Å². The fourth-order valence-corrected chi connectivity index (χ4v) is 4.92. The lowest BCUT2D eigenvalue weighted by atomic mass is 9.74. The molecule has 5 atom stereocenters. The number of hydrogen-bond donors (Lipinski definition) is 1. The lowest BCUT2D eigenvalue weighted by Gasteiger charge is -2.40. The van der Waals surface area contributed by atoms with Gasteiger partial charge in [0.15, 0.2) is 11.5 Å². The molecule has 27 heavy (non-hydrogen) atoms. The number of fused-ring (bicyclic) bond motifs is 1. The Morgan fingerprint density at radius 3 is 2.78 bits per heavy atom. The van der Waals surface area contributed by atoms with Gasteiger partial charge >= 0.3 is 0 Å². The van der Waals surface area contributed by atoms with E-state index in [9.17, 15) is 14.7 Å². The van der Waals surface area contributed by atoms with Crippen molar-refractivity contribution in [1.29, 1.82) is 0 Å². The number of alkyl halides is 1. The summed E-state index contributed by atoms with van der Waals surface area (Å²) >= 11 is 12.6. The fraction of sp³-hybridized carbons (Fsp3) is 0.500. The number of amides is 1. The molecule has 0 saturated heterocycles. The summed E-state index contributed by atoms with van der Waals surface area (Å²) in [6.45, 7) is 1.95. The number of rotatable bonds is 3. The summed E-state index contributed by atoms with van der Waals surface area (Å²) in [5.74, 6) is -0.420. The number of hydrogen-bond acceptors (Lipinski definition) is 4. The van der Waals surface area contributed by atoms with Crippen molar-refractivity contribution in [3.05, 3.63) is 46.2 Å². The summed E-state index contributed by atoms with van der Waals surface area (Å²) in [5, 5.41) is 9.89. The smallest absolute Gasteiger partial charge is 0.290 e. The number of ether oxygens (including phenoxy) is 1. The Kier molecular flexibility index (Phi) is 4.95. The Morgan fingerprint density at radius 2 is 2.07 bits per heavy atom. The van der Waals surface area contributed by atoms with E-state index in [2.05, 4.69) is 0 Å². The maximum absolute atomic E-state index is 13.4. The van der Waals surface area contributed by atoms with Crippen LogP contribution in [0.15, 0.2) is 35.6 Å². The van der Waals surface area contributed by atoms with Gasteiger partial charge in [0.05, 0.1) is 24.1 Å². The van der Waals surface area contributed by atoms with Crippen molar-refractivity contribution >= 4 is 34.9 Å². The Labute approximate surface area is 167 Å². The number of nitrogens with zero attached hydrogens (tertiary/aromatic N) is 1. The van der Waals surface area contributed by atoms with Crippen LogP contribution in [-0.4, -0.2) is 46.3 Å². The molecule has 0 bridgehead atoms. The van der Waals surface area contributed by atoms with Gasteiger partial charge in [-0.15, -0.1) is 11.6 Å². The molecule has 2 aliphatic heterocycles. The van der Waals surface area contributed by atoms with Crippen LogP contribution < -0.4 is 0 Å². The molecule has 2 heterocycles. The van der Waals surface area contributed by atoms with Gasteiger partial charge in [0.25, 0.3) is 5.91 Å². The van der Waals surface area contributed by atoms with E-state index in [0.717, 1.165) is 5.56 Å². The summed E-state index contributed by atoms with van der Waals surface area (Å²) in [6.07, 6.45) is 0.870. The number of aliphatic hydroxyl groups is 1. The van der Waals surface area contributed by atoms with Gasteiger partial charge in [-0.05, 0) is 36.5 Å². The number of carbonyl (C=O) groups excluding carboxylic acids is 2. The van der Waals surface area contributed by atoms with Gasteiger partial charge in [-0.3, -0.25) is 9.59 Å². The van der Waals surface area contributed by atoms with Crippen LogP contribution >= 0.6 is 23.2 Å². The highest BCUT2D eigenvalue weighted by Gasteiger charge is 2.53. The molecular formula is C20H21Cl2NO4. The van der Waals surface area contributed by atoms with E-state index in [1.54, 1.807) is 18.2 Å². The average Bonchev–Trinajstić information content (AvgIpc) is 2.90. The molecule has 1 amide bonds. The van der Waals surface area contributed by atoms with Gasteiger partial charge in [-0.2, -0.15) is 0 Å². The van der Waals surface area contributed by atoms with Crippen LogP contribution in [0.3, 0.4) is 0 Å². The third-order valence-corrected chi connectivity index (χ3v) is 6.65. The van der Waals surface area contributed by atoms with Crippen molar-refractivity contribution in [3.8, 4) is 0 Å². The molecule has 1 fully saturated rings. The quantitative estimate of drug-likeness (QED) is 0.778. The number of ketones is 1. The molecule has 5 unspecified atom stereocenters. The molecule has 1 aromatic carbocycles. The molecule has 0 aromatic heterocycles. The molecule has 0 spiro atoms. The normalized spacial score (nSPS) is 33.0. The minimum absolute atomic E-state index is 0.0717. The standard InChI is InChI=1S/C20H21Cl2NO4/c1-10-7-15-13(9-14(10)22)18(25)16-17(11-3-2-4-12(21)8-11)23(5-6-24)20(26)19(16)27-15/h2-4,8,10,13-15,17,24H,5-7,9H2,1H3. The summed E-state index contributed by atoms with van der Waals surface area (Å²) < 4.78 is 6.07. The molecule has 144 valence electrons. The van der Waals surface area contributed by atoms with Crippen LogP contribution in [0.25, 0.3) is 0 Å². The first-order chi connectivity index (χ1) is 12.9. The van der Waals surface area contributed by atoms with Crippen molar-refractivity contribution in [2.24, 2.45) is 11.8 Å². The number of Topliss-reactive ketones (excluding diaryl/α,β-unsaturated/α-hetero) is 1. The van der Waals surface area contributed by atoms with E-state index < -0.39 is 6.04 Å². The Balaban J connectivity index is 1.78. The molecule has 4 rings (SSSR count).